The zero-order valence-electron chi connectivity index (χ0n) is 9.19. The van der Waals surface area contributed by atoms with Crippen LogP contribution in [0.25, 0.3) is 0 Å². The maximum atomic E-state index is 8.71. The summed E-state index contributed by atoms with van der Waals surface area (Å²) in [6, 6.07) is 2.24. The SMILES string of the molecule is CCC(C#N)NCCCCn1ccnc1. The molecule has 0 aliphatic heterocycles. The Hall–Kier alpha value is -1.34. The molecule has 1 aromatic heterocycles. The second-order valence-corrected chi connectivity index (χ2v) is 3.55. The lowest BCUT2D eigenvalue weighted by Gasteiger charge is -2.08. The van der Waals surface area contributed by atoms with E-state index in [4.69, 9.17) is 5.26 Å². The van der Waals surface area contributed by atoms with E-state index in [0.29, 0.717) is 0 Å². The molecule has 0 bridgehead atoms. The van der Waals surface area contributed by atoms with Gasteiger partial charge in [-0.2, -0.15) is 5.26 Å². The quantitative estimate of drug-likeness (QED) is 0.689. The van der Waals surface area contributed by atoms with Gasteiger partial charge in [0.25, 0.3) is 0 Å². The molecule has 4 nitrogen and oxygen atoms in total. The van der Waals surface area contributed by atoms with Gasteiger partial charge in [0.15, 0.2) is 0 Å². The first-order valence-electron chi connectivity index (χ1n) is 5.45. The largest absolute Gasteiger partial charge is 0.337 e. The van der Waals surface area contributed by atoms with E-state index in [9.17, 15) is 0 Å². The van der Waals surface area contributed by atoms with Crippen molar-refractivity contribution >= 4 is 0 Å². The van der Waals surface area contributed by atoms with Crippen molar-refractivity contribution < 1.29 is 0 Å². The number of hydrogen-bond donors (Lipinski definition) is 1. The van der Waals surface area contributed by atoms with Crippen LogP contribution in [0.2, 0.25) is 0 Å². The molecular weight excluding hydrogens is 188 g/mol. The van der Waals surface area contributed by atoms with Crippen LogP contribution in [0.4, 0.5) is 0 Å². The second-order valence-electron chi connectivity index (χ2n) is 3.55. The second kappa shape index (κ2) is 7.02. The molecule has 1 aromatic rings. The molecule has 0 fully saturated rings. The lowest BCUT2D eigenvalue weighted by Crippen LogP contribution is -2.27. The van der Waals surface area contributed by atoms with Gasteiger partial charge in [-0.3, -0.25) is 0 Å². The number of imidazole rings is 1. The van der Waals surface area contributed by atoms with Crippen LogP contribution in [-0.2, 0) is 6.54 Å². The monoisotopic (exact) mass is 206 g/mol. The molecule has 15 heavy (non-hydrogen) atoms. The van der Waals surface area contributed by atoms with Crippen LogP contribution in [0.3, 0.4) is 0 Å². The van der Waals surface area contributed by atoms with Crippen LogP contribution in [0.15, 0.2) is 18.7 Å². The Morgan fingerprint density at radius 1 is 1.53 bits per heavy atom. The van der Waals surface area contributed by atoms with Crippen LogP contribution >= 0.6 is 0 Å². The third kappa shape index (κ3) is 4.61. The fourth-order valence-corrected chi connectivity index (χ4v) is 1.40. The van der Waals surface area contributed by atoms with Crippen molar-refractivity contribution in [2.45, 2.75) is 38.8 Å². The summed E-state index contributed by atoms with van der Waals surface area (Å²) in [4.78, 5) is 3.98. The predicted molar refractivity (Wildman–Crippen MR) is 59.2 cm³/mol. The van der Waals surface area contributed by atoms with E-state index in [0.717, 1.165) is 32.4 Å². The third-order valence-corrected chi connectivity index (χ3v) is 2.36. The fourth-order valence-electron chi connectivity index (χ4n) is 1.40. The minimum Gasteiger partial charge on any atom is -0.337 e. The Morgan fingerprint density at radius 3 is 3.00 bits per heavy atom. The lowest BCUT2D eigenvalue weighted by molar-refractivity contribution is 0.532. The third-order valence-electron chi connectivity index (χ3n) is 2.36. The highest BCUT2D eigenvalue weighted by Crippen LogP contribution is 1.95. The fraction of sp³-hybridized carbons (Fsp3) is 0.636. The van der Waals surface area contributed by atoms with Crippen LogP contribution in [0.1, 0.15) is 26.2 Å². The molecule has 1 N–H and O–H groups in total. The zero-order valence-corrected chi connectivity index (χ0v) is 9.19. The summed E-state index contributed by atoms with van der Waals surface area (Å²) in [5.41, 5.74) is 0. The van der Waals surface area contributed by atoms with Gasteiger partial charge in [0, 0.05) is 18.9 Å². The van der Waals surface area contributed by atoms with Gasteiger partial charge < -0.3 is 9.88 Å². The summed E-state index contributed by atoms with van der Waals surface area (Å²) >= 11 is 0. The van der Waals surface area contributed by atoms with E-state index >= 15 is 0 Å². The van der Waals surface area contributed by atoms with Crippen molar-refractivity contribution in [1.29, 1.82) is 5.26 Å². The standard InChI is InChI=1S/C11H18N4/c1-2-11(9-12)14-5-3-4-7-15-8-6-13-10-15/h6,8,10-11,14H,2-5,7H2,1H3. The Balaban J connectivity index is 2.00. The molecule has 0 amide bonds. The van der Waals surface area contributed by atoms with Gasteiger partial charge in [-0.25, -0.2) is 4.98 Å². The first kappa shape index (κ1) is 11.7. The minimum atomic E-state index is 0.0123. The van der Waals surface area contributed by atoms with E-state index in [-0.39, 0.29) is 6.04 Å². The van der Waals surface area contributed by atoms with Gasteiger partial charge in [-0.05, 0) is 25.8 Å². The van der Waals surface area contributed by atoms with Gasteiger partial charge in [0.1, 0.15) is 0 Å². The van der Waals surface area contributed by atoms with Gasteiger partial charge in [-0.1, -0.05) is 6.92 Å². The molecule has 1 atom stereocenters. The normalized spacial score (nSPS) is 12.3. The Labute approximate surface area is 90.9 Å². The molecule has 0 spiro atoms. The average Bonchev–Trinajstić information content (AvgIpc) is 2.76. The molecule has 0 aliphatic carbocycles. The summed E-state index contributed by atoms with van der Waals surface area (Å²) in [7, 11) is 0. The number of aryl methyl sites for hydroxylation is 1. The summed E-state index contributed by atoms with van der Waals surface area (Å²) in [6.07, 6.45) is 8.68. The smallest absolute Gasteiger partial charge is 0.0950 e. The van der Waals surface area contributed by atoms with Gasteiger partial charge in [0.2, 0.25) is 0 Å². The highest BCUT2D eigenvalue weighted by Gasteiger charge is 2.00. The van der Waals surface area contributed by atoms with E-state index in [2.05, 4.69) is 20.9 Å². The van der Waals surface area contributed by atoms with E-state index in [1.165, 1.54) is 0 Å². The molecule has 4 heteroatoms. The predicted octanol–water partition coefficient (Wildman–Crippen LogP) is 1.56. The number of nitrogens with one attached hydrogen (secondary N) is 1. The van der Waals surface area contributed by atoms with Crippen molar-refractivity contribution in [3.63, 3.8) is 0 Å². The van der Waals surface area contributed by atoms with Crippen molar-refractivity contribution in [2.75, 3.05) is 6.54 Å². The molecule has 0 saturated heterocycles. The van der Waals surface area contributed by atoms with Gasteiger partial charge >= 0.3 is 0 Å². The molecule has 82 valence electrons. The molecule has 0 radical (unpaired) electrons. The summed E-state index contributed by atoms with van der Waals surface area (Å²) in [5.74, 6) is 0. The van der Waals surface area contributed by atoms with Gasteiger partial charge in [0.05, 0.1) is 18.4 Å². The number of aromatic nitrogens is 2. The zero-order chi connectivity index (χ0) is 10.9. The highest BCUT2D eigenvalue weighted by molar-refractivity contribution is 4.87. The Bertz CT molecular complexity index is 286. The molecule has 0 aliphatic rings. The molecule has 0 aromatic carbocycles. The molecule has 1 heterocycles. The highest BCUT2D eigenvalue weighted by atomic mass is 15.0. The van der Waals surface area contributed by atoms with Crippen molar-refractivity contribution in [1.82, 2.24) is 14.9 Å². The summed E-state index contributed by atoms with van der Waals surface area (Å²) in [5, 5.41) is 11.9. The van der Waals surface area contributed by atoms with Crippen LogP contribution in [0.5, 0.6) is 0 Å². The van der Waals surface area contributed by atoms with Gasteiger partial charge in [-0.15, -0.1) is 0 Å². The Morgan fingerprint density at radius 2 is 2.40 bits per heavy atom. The van der Waals surface area contributed by atoms with Crippen molar-refractivity contribution in [2.24, 2.45) is 0 Å². The van der Waals surface area contributed by atoms with Crippen molar-refractivity contribution in [3.05, 3.63) is 18.7 Å². The molecule has 0 saturated carbocycles. The maximum absolute atomic E-state index is 8.71. The van der Waals surface area contributed by atoms with E-state index in [1.54, 1.807) is 6.20 Å². The number of rotatable bonds is 7. The summed E-state index contributed by atoms with van der Waals surface area (Å²) in [6.45, 7) is 3.94. The number of nitriles is 1. The Kier molecular flexibility index (Phi) is 5.49. The maximum Gasteiger partial charge on any atom is 0.0950 e. The molecular formula is C11H18N4. The molecule has 1 rings (SSSR count). The average molecular weight is 206 g/mol. The number of unbranched alkanes of at least 4 members (excludes halogenated alkanes) is 1. The number of nitrogens with zero attached hydrogens (tertiary/aromatic N) is 3. The molecule has 1 unspecified atom stereocenters. The lowest BCUT2D eigenvalue weighted by atomic mass is 10.2. The van der Waals surface area contributed by atoms with E-state index < -0.39 is 0 Å². The number of hydrogen-bond acceptors (Lipinski definition) is 3. The van der Waals surface area contributed by atoms with Crippen LogP contribution < -0.4 is 5.32 Å². The first-order chi connectivity index (χ1) is 7.36. The minimum absolute atomic E-state index is 0.0123. The summed E-state index contributed by atoms with van der Waals surface area (Å²) < 4.78 is 2.07. The van der Waals surface area contributed by atoms with E-state index in [1.807, 2.05) is 19.4 Å². The van der Waals surface area contributed by atoms with Crippen LogP contribution in [0, 0.1) is 11.3 Å². The topological polar surface area (TPSA) is 53.6 Å². The van der Waals surface area contributed by atoms with Crippen molar-refractivity contribution in [3.8, 4) is 6.07 Å². The van der Waals surface area contributed by atoms with Crippen LogP contribution in [-0.4, -0.2) is 22.1 Å². The first-order valence-corrected chi connectivity index (χ1v) is 5.45.